The molecule has 0 radical (unpaired) electrons. The summed E-state index contributed by atoms with van der Waals surface area (Å²) in [5.74, 6) is -1.42. The summed E-state index contributed by atoms with van der Waals surface area (Å²) in [7, 11) is 1.54. The van der Waals surface area contributed by atoms with Gasteiger partial charge in [0.2, 0.25) is 5.91 Å². The van der Waals surface area contributed by atoms with E-state index in [1.807, 2.05) is 0 Å². The SMILES string of the molecule is COCCOCC(=O)Nc1cc(Br)cc(C(=O)O)c1. The minimum atomic E-state index is -1.06. The van der Waals surface area contributed by atoms with Crippen LogP contribution in [-0.2, 0) is 14.3 Å². The average molecular weight is 332 g/mol. The number of anilines is 1. The first-order valence-electron chi connectivity index (χ1n) is 5.43. The van der Waals surface area contributed by atoms with E-state index in [1.165, 1.54) is 12.1 Å². The second-order valence-electron chi connectivity index (χ2n) is 3.63. The highest BCUT2D eigenvalue weighted by atomic mass is 79.9. The highest BCUT2D eigenvalue weighted by molar-refractivity contribution is 9.10. The minimum Gasteiger partial charge on any atom is -0.478 e. The van der Waals surface area contributed by atoms with Crippen LogP contribution in [0.3, 0.4) is 0 Å². The van der Waals surface area contributed by atoms with Gasteiger partial charge in [0.15, 0.2) is 0 Å². The lowest BCUT2D eigenvalue weighted by molar-refractivity contribution is -0.121. The Morgan fingerprint density at radius 1 is 1.32 bits per heavy atom. The second kappa shape index (κ2) is 7.88. The quantitative estimate of drug-likeness (QED) is 0.743. The zero-order valence-electron chi connectivity index (χ0n) is 10.3. The van der Waals surface area contributed by atoms with Crippen LogP contribution in [0.4, 0.5) is 5.69 Å². The topological polar surface area (TPSA) is 84.9 Å². The van der Waals surface area contributed by atoms with Crippen molar-refractivity contribution in [1.82, 2.24) is 0 Å². The van der Waals surface area contributed by atoms with Crippen LogP contribution in [0.25, 0.3) is 0 Å². The summed E-state index contributed by atoms with van der Waals surface area (Å²) in [4.78, 5) is 22.4. The van der Waals surface area contributed by atoms with Gasteiger partial charge in [-0.2, -0.15) is 0 Å². The normalized spacial score (nSPS) is 10.2. The molecule has 0 spiro atoms. The molecule has 104 valence electrons. The van der Waals surface area contributed by atoms with Gasteiger partial charge in [-0.1, -0.05) is 15.9 Å². The van der Waals surface area contributed by atoms with E-state index < -0.39 is 5.97 Å². The first-order chi connectivity index (χ1) is 9.02. The van der Waals surface area contributed by atoms with E-state index >= 15 is 0 Å². The maximum Gasteiger partial charge on any atom is 0.335 e. The van der Waals surface area contributed by atoms with Gasteiger partial charge in [0, 0.05) is 17.3 Å². The average Bonchev–Trinajstić information content (AvgIpc) is 2.34. The van der Waals surface area contributed by atoms with Crippen molar-refractivity contribution in [1.29, 1.82) is 0 Å². The number of methoxy groups -OCH3 is 1. The highest BCUT2D eigenvalue weighted by Gasteiger charge is 2.08. The molecule has 0 aliphatic rings. The van der Waals surface area contributed by atoms with Crippen molar-refractivity contribution in [2.75, 3.05) is 32.2 Å². The van der Waals surface area contributed by atoms with Crippen LogP contribution in [-0.4, -0.2) is 43.9 Å². The van der Waals surface area contributed by atoms with E-state index in [2.05, 4.69) is 21.2 Å². The van der Waals surface area contributed by atoms with Crippen LogP contribution < -0.4 is 5.32 Å². The number of carbonyl (C=O) groups excluding carboxylic acids is 1. The molecule has 0 aromatic heterocycles. The van der Waals surface area contributed by atoms with E-state index in [0.717, 1.165) is 0 Å². The van der Waals surface area contributed by atoms with Crippen LogP contribution in [0.5, 0.6) is 0 Å². The third-order valence-corrected chi connectivity index (χ3v) is 2.55. The van der Waals surface area contributed by atoms with Crippen molar-refractivity contribution in [3.05, 3.63) is 28.2 Å². The molecule has 1 amide bonds. The maximum absolute atomic E-state index is 11.5. The Labute approximate surface area is 118 Å². The zero-order chi connectivity index (χ0) is 14.3. The van der Waals surface area contributed by atoms with E-state index in [0.29, 0.717) is 23.4 Å². The van der Waals surface area contributed by atoms with Gasteiger partial charge in [0.1, 0.15) is 6.61 Å². The van der Waals surface area contributed by atoms with Crippen molar-refractivity contribution < 1.29 is 24.2 Å². The van der Waals surface area contributed by atoms with Gasteiger partial charge in [-0.15, -0.1) is 0 Å². The van der Waals surface area contributed by atoms with Gasteiger partial charge in [0.25, 0.3) is 0 Å². The van der Waals surface area contributed by atoms with Gasteiger partial charge in [-0.25, -0.2) is 4.79 Å². The smallest absolute Gasteiger partial charge is 0.335 e. The summed E-state index contributed by atoms with van der Waals surface area (Å²) in [5, 5.41) is 11.5. The van der Waals surface area contributed by atoms with Crippen LogP contribution >= 0.6 is 15.9 Å². The molecule has 1 aromatic carbocycles. The number of halogens is 1. The highest BCUT2D eigenvalue weighted by Crippen LogP contribution is 2.19. The lowest BCUT2D eigenvalue weighted by atomic mass is 10.2. The number of hydrogen-bond acceptors (Lipinski definition) is 4. The third kappa shape index (κ3) is 5.82. The number of hydrogen-bond donors (Lipinski definition) is 2. The molecule has 0 aliphatic carbocycles. The van der Waals surface area contributed by atoms with Gasteiger partial charge < -0.3 is 19.9 Å². The van der Waals surface area contributed by atoms with Crippen LogP contribution in [0.15, 0.2) is 22.7 Å². The van der Waals surface area contributed by atoms with E-state index in [1.54, 1.807) is 13.2 Å². The maximum atomic E-state index is 11.5. The molecule has 0 saturated heterocycles. The number of carboxylic acids is 1. The van der Waals surface area contributed by atoms with Crippen molar-refractivity contribution in [2.45, 2.75) is 0 Å². The van der Waals surface area contributed by atoms with Gasteiger partial charge in [-0.3, -0.25) is 4.79 Å². The molecule has 0 atom stereocenters. The van der Waals surface area contributed by atoms with Crippen LogP contribution in [0.1, 0.15) is 10.4 Å². The molecule has 0 heterocycles. The molecule has 2 N–H and O–H groups in total. The Hall–Kier alpha value is -1.44. The Balaban J connectivity index is 2.56. The minimum absolute atomic E-state index is 0.0879. The van der Waals surface area contributed by atoms with Gasteiger partial charge in [-0.05, 0) is 18.2 Å². The summed E-state index contributed by atoms with van der Waals surface area (Å²) >= 11 is 3.18. The molecule has 0 saturated carbocycles. The number of nitrogens with one attached hydrogen (secondary N) is 1. The lowest BCUT2D eigenvalue weighted by Gasteiger charge is -2.07. The predicted octanol–water partition coefficient (Wildman–Crippen LogP) is 1.75. The van der Waals surface area contributed by atoms with Crippen LogP contribution in [0.2, 0.25) is 0 Å². The number of carboxylic acid groups (broad SMARTS) is 1. The van der Waals surface area contributed by atoms with E-state index in [4.69, 9.17) is 14.6 Å². The predicted molar refractivity (Wildman–Crippen MR) is 72.4 cm³/mol. The largest absolute Gasteiger partial charge is 0.478 e. The zero-order valence-corrected chi connectivity index (χ0v) is 11.9. The summed E-state index contributed by atoms with van der Waals surface area (Å²) < 4.78 is 10.4. The molecule has 0 unspecified atom stereocenters. The van der Waals surface area contributed by atoms with E-state index in [9.17, 15) is 9.59 Å². The summed E-state index contributed by atoms with van der Waals surface area (Å²) in [6, 6.07) is 4.44. The Bertz CT molecular complexity index is 463. The molecule has 0 aliphatic heterocycles. The number of carbonyl (C=O) groups is 2. The summed E-state index contributed by atoms with van der Waals surface area (Å²) in [6.07, 6.45) is 0. The Morgan fingerprint density at radius 2 is 2.05 bits per heavy atom. The first-order valence-corrected chi connectivity index (χ1v) is 6.22. The summed E-state index contributed by atoms with van der Waals surface area (Å²) in [5.41, 5.74) is 0.483. The van der Waals surface area contributed by atoms with Crippen molar-refractivity contribution in [2.24, 2.45) is 0 Å². The second-order valence-corrected chi connectivity index (χ2v) is 4.54. The van der Waals surface area contributed by atoms with Crippen molar-refractivity contribution in [3.63, 3.8) is 0 Å². The number of amides is 1. The molecule has 1 rings (SSSR count). The number of rotatable bonds is 7. The monoisotopic (exact) mass is 331 g/mol. The molecule has 19 heavy (non-hydrogen) atoms. The number of benzene rings is 1. The fourth-order valence-corrected chi connectivity index (χ4v) is 1.78. The fourth-order valence-electron chi connectivity index (χ4n) is 1.29. The molecular formula is C12H14BrNO5. The Morgan fingerprint density at radius 3 is 2.68 bits per heavy atom. The van der Waals surface area contributed by atoms with Crippen molar-refractivity contribution in [3.8, 4) is 0 Å². The van der Waals surface area contributed by atoms with Crippen LogP contribution in [0, 0.1) is 0 Å². The standard InChI is InChI=1S/C12H14BrNO5/c1-18-2-3-19-7-11(15)14-10-5-8(12(16)17)4-9(13)6-10/h4-6H,2-3,7H2,1H3,(H,14,15)(H,16,17). The molecule has 6 nitrogen and oxygen atoms in total. The molecule has 7 heteroatoms. The fraction of sp³-hybridized carbons (Fsp3) is 0.333. The van der Waals surface area contributed by atoms with Gasteiger partial charge >= 0.3 is 5.97 Å². The Kier molecular flexibility index (Phi) is 6.48. The van der Waals surface area contributed by atoms with Crippen molar-refractivity contribution >= 4 is 33.5 Å². The lowest BCUT2D eigenvalue weighted by Crippen LogP contribution is -2.19. The molecular weight excluding hydrogens is 318 g/mol. The number of ether oxygens (including phenoxy) is 2. The molecule has 0 fully saturated rings. The summed E-state index contributed by atoms with van der Waals surface area (Å²) in [6.45, 7) is 0.619. The third-order valence-electron chi connectivity index (χ3n) is 2.09. The molecule has 1 aromatic rings. The number of aromatic carboxylic acids is 1. The van der Waals surface area contributed by atoms with E-state index in [-0.39, 0.29) is 18.1 Å². The molecule has 0 bridgehead atoms. The first kappa shape index (κ1) is 15.6. The van der Waals surface area contributed by atoms with Gasteiger partial charge in [0.05, 0.1) is 18.8 Å².